The van der Waals surface area contributed by atoms with Crippen LogP contribution in [-0.4, -0.2) is 17.9 Å². The molecule has 1 saturated carbocycles. The van der Waals surface area contributed by atoms with E-state index in [1.54, 1.807) is 24.3 Å². The van der Waals surface area contributed by atoms with Crippen LogP contribution in [0.1, 0.15) is 65.5 Å². The Morgan fingerprint density at radius 2 is 2.07 bits per heavy atom. The topological polar surface area (TPSA) is 58.2 Å². The van der Waals surface area contributed by atoms with Crippen molar-refractivity contribution < 1.29 is 9.59 Å². The highest BCUT2D eigenvalue weighted by Gasteiger charge is 2.28. The van der Waals surface area contributed by atoms with Crippen molar-refractivity contribution in [3.63, 3.8) is 0 Å². The van der Waals surface area contributed by atoms with Crippen LogP contribution < -0.4 is 10.6 Å². The van der Waals surface area contributed by atoms with Gasteiger partial charge in [-0.1, -0.05) is 43.9 Å². The summed E-state index contributed by atoms with van der Waals surface area (Å²) >= 11 is 7.57. The van der Waals surface area contributed by atoms with Crippen molar-refractivity contribution >= 4 is 40.4 Å². The highest BCUT2D eigenvalue weighted by Crippen LogP contribution is 2.30. The average Bonchev–Trinajstić information content (AvgIpc) is 3.33. The third-order valence-electron chi connectivity index (χ3n) is 5.13. The van der Waals surface area contributed by atoms with Gasteiger partial charge in [-0.2, -0.15) is 0 Å². The normalized spacial score (nSPS) is 19.0. The predicted molar refractivity (Wildman–Crippen MR) is 112 cm³/mol. The van der Waals surface area contributed by atoms with Gasteiger partial charge in [0.15, 0.2) is 0 Å². The van der Waals surface area contributed by atoms with E-state index < -0.39 is 0 Å². The van der Waals surface area contributed by atoms with Crippen molar-refractivity contribution in [3.8, 4) is 0 Å². The van der Waals surface area contributed by atoms with E-state index in [4.69, 9.17) is 11.6 Å². The van der Waals surface area contributed by atoms with Crippen LogP contribution in [0, 0.1) is 5.92 Å². The van der Waals surface area contributed by atoms with Crippen molar-refractivity contribution in [1.82, 2.24) is 5.32 Å². The molecule has 27 heavy (non-hydrogen) atoms. The minimum atomic E-state index is -0.222. The second-order valence-electron chi connectivity index (χ2n) is 7.04. The van der Waals surface area contributed by atoms with Crippen molar-refractivity contribution in [2.45, 2.75) is 51.5 Å². The molecule has 0 aliphatic heterocycles. The number of nitrogens with one attached hydrogen (secondary N) is 2. The molecule has 1 aliphatic rings. The Kier molecular flexibility index (Phi) is 6.91. The maximum Gasteiger partial charge on any atom is 0.265 e. The number of rotatable bonds is 7. The van der Waals surface area contributed by atoms with E-state index >= 15 is 0 Å². The molecule has 1 aromatic carbocycles. The summed E-state index contributed by atoms with van der Waals surface area (Å²) in [5.74, 6) is 0.241. The summed E-state index contributed by atoms with van der Waals surface area (Å²) in [6, 6.07) is 8.82. The second kappa shape index (κ2) is 9.38. The molecule has 2 N–H and O–H groups in total. The predicted octanol–water partition coefficient (Wildman–Crippen LogP) is 5.74. The van der Waals surface area contributed by atoms with Gasteiger partial charge in [-0.15, -0.1) is 11.3 Å². The molecule has 1 heterocycles. The molecule has 2 atom stereocenters. The van der Waals surface area contributed by atoms with Gasteiger partial charge in [-0.05, 0) is 54.8 Å². The van der Waals surface area contributed by atoms with Crippen LogP contribution in [0.3, 0.4) is 0 Å². The van der Waals surface area contributed by atoms with Gasteiger partial charge in [0.05, 0.1) is 15.6 Å². The van der Waals surface area contributed by atoms with Gasteiger partial charge in [0, 0.05) is 11.6 Å². The molecule has 4 nitrogen and oxygen atoms in total. The van der Waals surface area contributed by atoms with Crippen LogP contribution in [0.25, 0.3) is 0 Å². The molecule has 1 fully saturated rings. The lowest BCUT2D eigenvalue weighted by molar-refractivity contribution is 0.0925. The first kappa shape index (κ1) is 19.9. The number of unbranched alkanes of at least 4 members (excludes halogenated alkanes) is 1. The standard InChI is InChI=1S/C21H25ClN2O2S/c1-2-3-6-14-7-4-8-17(14)23-20(25)15-10-11-16(22)18(13-15)24-21(26)19-9-5-12-27-19/h5,9-14,17H,2-4,6-8H2,1H3,(H,23,25)(H,24,26). The lowest BCUT2D eigenvalue weighted by Crippen LogP contribution is -2.37. The van der Waals surface area contributed by atoms with Crippen LogP contribution >= 0.6 is 22.9 Å². The molecule has 2 aromatic rings. The van der Waals surface area contributed by atoms with Gasteiger partial charge >= 0.3 is 0 Å². The Balaban J connectivity index is 1.67. The molecule has 2 amide bonds. The van der Waals surface area contributed by atoms with Gasteiger partial charge in [-0.3, -0.25) is 9.59 Å². The highest BCUT2D eigenvalue weighted by atomic mass is 35.5. The Labute approximate surface area is 169 Å². The van der Waals surface area contributed by atoms with Gasteiger partial charge in [0.1, 0.15) is 0 Å². The first-order valence-electron chi connectivity index (χ1n) is 9.53. The summed E-state index contributed by atoms with van der Waals surface area (Å²) in [5.41, 5.74) is 0.971. The van der Waals surface area contributed by atoms with E-state index in [2.05, 4.69) is 17.6 Å². The van der Waals surface area contributed by atoms with Crippen LogP contribution in [-0.2, 0) is 0 Å². The third kappa shape index (κ3) is 5.11. The zero-order chi connectivity index (χ0) is 19.2. The average molecular weight is 405 g/mol. The Morgan fingerprint density at radius 1 is 1.22 bits per heavy atom. The number of thiophene rings is 1. The molecule has 6 heteroatoms. The van der Waals surface area contributed by atoms with E-state index in [9.17, 15) is 9.59 Å². The molecule has 0 radical (unpaired) electrons. The number of carbonyl (C=O) groups is 2. The monoisotopic (exact) mass is 404 g/mol. The fraction of sp³-hybridized carbons (Fsp3) is 0.429. The molecule has 1 aliphatic carbocycles. The number of anilines is 1. The molecule has 2 unspecified atom stereocenters. The number of hydrogen-bond acceptors (Lipinski definition) is 3. The van der Waals surface area contributed by atoms with Crippen molar-refractivity contribution in [3.05, 3.63) is 51.2 Å². The lowest BCUT2D eigenvalue weighted by atomic mass is 9.96. The van der Waals surface area contributed by atoms with Crippen molar-refractivity contribution in [2.75, 3.05) is 5.32 Å². The zero-order valence-electron chi connectivity index (χ0n) is 15.5. The number of hydrogen-bond donors (Lipinski definition) is 2. The van der Waals surface area contributed by atoms with E-state index in [-0.39, 0.29) is 17.9 Å². The molecule has 0 saturated heterocycles. The fourth-order valence-electron chi connectivity index (χ4n) is 3.64. The maximum absolute atomic E-state index is 12.7. The third-order valence-corrected chi connectivity index (χ3v) is 6.32. The van der Waals surface area contributed by atoms with E-state index in [0.29, 0.717) is 27.1 Å². The molecule has 0 bridgehead atoms. The molecular weight excluding hydrogens is 380 g/mol. The highest BCUT2D eigenvalue weighted by molar-refractivity contribution is 7.12. The van der Waals surface area contributed by atoms with E-state index in [0.717, 1.165) is 6.42 Å². The second-order valence-corrected chi connectivity index (χ2v) is 8.39. The quantitative estimate of drug-likeness (QED) is 0.617. The minimum Gasteiger partial charge on any atom is -0.349 e. The van der Waals surface area contributed by atoms with Gasteiger partial charge < -0.3 is 10.6 Å². The molecule has 0 spiro atoms. The zero-order valence-corrected chi connectivity index (χ0v) is 17.0. The summed E-state index contributed by atoms with van der Waals surface area (Å²) in [4.78, 5) is 25.6. The SMILES string of the molecule is CCCCC1CCCC1NC(=O)c1ccc(Cl)c(NC(=O)c2cccs2)c1. The number of carbonyl (C=O) groups excluding carboxylic acids is 2. The number of halogens is 1. The number of benzene rings is 1. The van der Waals surface area contributed by atoms with Crippen LogP contribution in [0.15, 0.2) is 35.7 Å². The molecule has 3 rings (SSSR count). The molecular formula is C21H25ClN2O2S. The van der Waals surface area contributed by atoms with Gasteiger partial charge in [0.2, 0.25) is 0 Å². The maximum atomic E-state index is 12.7. The molecule has 1 aromatic heterocycles. The van der Waals surface area contributed by atoms with Crippen LogP contribution in [0.2, 0.25) is 5.02 Å². The number of amides is 2. The Hall–Kier alpha value is -1.85. The van der Waals surface area contributed by atoms with E-state index in [1.807, 2.05) is 11.4 Å². The Morgan fingerprint density at radius 3 is 2.81 bits per heavy atom. The smallest absolute Gasteiger partial charge is 0.265 e. The first-order chi connectivity index (χ1) is 13.1. The van der Waals surface area contributed by atoms with Gasteiger partial charge in [0.25, 0.3) is 11.8 Å². The van der Waals surface area contributed by atoms with Crippen molar-refractivity contribution in [2.24, 2.45) is 5.92 Å². The summed E-state index contributed by atoms with van der Waals surface area (Å²) < 4.78 is 0. The van der Waals surface area contributed by atoms with Gasteiger partial charge in [-0.25, -0.2) is 0 Å². The van der Waals surface area contributed by atoms with Crippen molar-refractivity contribution in [1.29, 1.82) is 0 Å². The van der Waals surface area contributed by atoms with Crippen LogP contribution in [0.4, 0.5) is 5.69 Å². The molecule has 144 valence electrons. The summed E-state index contributed by atoms with van der Waals surface area (Å²) in [7, 11) is 0. The lowest BCUT2D eigenvalue weighted by Gasteiger charge is -2.21. The summed E-state index contributed by atoms with van der Waals surface area (Å²) in [6.07, 6.45) is 6.95. The van der Waals surface area contributed by atoms with E-state index in [1.165, 1.54) is 43.4 Å². The fourth-order valence-corrected chi connectivity index (χ4v) is 4.43. The first-order valence-corrected chi connectivity index (χ1v) is 10.8. The van der Waals surface area contributed by atoms with Crippen LogP contribution in [0.5, 0.6) is 0 Å². The summed E-state index contributed by atoms with van der Waals surface area (Å²) in [5, 5.41) is 8.25. The Bertz CT molecular complexity index is 791. The summed E-state index contributed by atoms with van der Waals surface area (Å²) in [6.45, 7) is 2.20. The minimum absolute atomic E-state index is 0.105. The largest absolute Gasteiger partial charge is 0.349 e.